The monoisotopic (exact) mass is 437 g/mol. The maximum atomic E-state index is 6.11. The lowest BCUT2D eigenvalue weighted by Gasteiger charge is -2.11. The average Bonchev–Trinajstić information content (AvgIpc) is 2.91. The van der Waals surface area contributed by atoms with E-state index in [1.807, 2.05) is 24.3 Å². The minimum atomic E-state index is 0.750. The smallest absolute Gasteiger partial charge is 0.0349 e. The fraction of sp³-hybridized carbons (Fsp3) is 0.0303. The molecule has 1 nitrogen and oxygen atoms in total. The maximum absolute atomic E-state index is 6.11. The highest BCUT2D eigenvalue weighted by atomic mass is 14.6. The zero-order valence-electron chi connectivity index (χ0n) is 19.1. The predicted octanol–water partition coefficient (Wildman–Crippen LogP) is 8.53. The zero-order chi connectivity index (χ0) is 23.3. The van der Waals surface area contributed by atoms with Gasteiger partial charge in [0.15, 0.2) is 0 Å². The number of nitrogen functional groups attached to an aromatic ring is 1. The number of allylic oxidation sites excluding steroid dienone is 1. The van der Waals surface area contributed by atoms with Crippen LogP contribution in [0.15, 0.2) is 134 Å². The molecule has 0 amide bonds. The Balaban J connectivity index is 1.34. The molecule has 0 bridgehead atoms. The minimum absolute atomic E-state index is 0.750. The molecular formula is C33H27N. The van der Waals surface area contributed by atoms with E-state index in [9.17, 15) is 0 Å². The van der Waals surface area contributed by atoms with E-state index < -0.39 is 0 Å². The second-order valence-corrected chi connectivity index (χ2v) is 8.58. The number of rotatable bonds is 6. The lowest BCUT2D eigenvalue weighted by atomic mass is 9.95. The number of para-hydroxylation sites is 1. The molecule has 2 N–H and O–H groups in total. The van der Waals surface area contributed by atoms with E-state index in [1.165, 1.54) is 33.4 Å². The van der Waals surface area contributed by atoms with Gasteiger partial charge in [0.05, 0.1) is 0 Å². The maximum Gasteiger partial charge on any atom is 0.0349 e. The number of benzene rings is 5. The Morgan fingerprint density at radius 1 is 0.500 bits per heavy atom. The third-order valence-electron chi connectivity index (χ3n) is 6.27. The molecule has 0 aromatic heterocycles. The summed E-state index contributed by atoms with van der Waals surface area (Å²) in [5.74, 6) is 0. The molecule has 0 heterocycles. The molecule has 0 aliphatic heterocycles. The van der Waals surface area contributed by atoms with Crippen LogP contribution in [-0.4, -0.2) is 0 Å². The largest absolute Gasteiger partial charge is 0.398 e. The van der Waals surface area contributed by atoms with Gasteiger partial charge in [0.2, 0.25) is 0 Å². The van der Waals surface area contributed by atoms with Crippen LogP contribution in [0.3, 0.4) is 0 Å². The predicted molar refractivity (Wildman–Crippen MR) is 146 cm³/mol. The van der Waals surface area contributed by atoms with Gasteiger partial charge in [0.1, 0.15) is 0 Å². The summed E-state index contributed by atoms with van der Waals surface area (Å²) >= 11 is 0. The topological polar surface area (TPSA) is 26.0 Å². The highest BCUT2D eigenvalue weighted by Gasteiger charge is 2.06. The van der Waals surface area contributed by atoms with Crippen LogP contribution in [0.5, 0.6) is 0 Å². The Bertz CT molecular complexity index is 1410. The molecule has 0 unspecified atom stereocenters. The first-order valence-electron chi connectivity index (χ1n) is 11.6. The lowest BCUT2D eigenvalue weighted by molar-refractivity contribution is 1.29. The number of hydrogen-bond donors (Lipinski definition) is 1. The van der Waals surface area contributed by atoms with Gasteiger partial charge in [-0.1, -0.05) is 122 Å². The van der Waals surface area contributed by atoms with Gasteiger partial charge in [-0.2, -0.15) is 0 Å². The van der Waals surface area contributed by atoms with Crippen molar-refractivity contribution < 1.29 is 0 Å². The molecule has 5 rings (SSSR count). The fourth-order valence-corrected chi connectivity index (χ4v) is 4.29. The first-order valence-corrected chi connectivity index (χ1v) is 11.6. The third-order valence-corrected chi connectivity index (χ3v) is 6.27. The molecule has 5 aromatic carbocycles. The van der Waals surface area contributed by atoms with Crippen molar-refractivity contribution in [1.29, 1.82) is 0 Å². The molecule has 0 saturated carbocycles. The Morgan fingerprint density at radius 3 is 1.59 bits per heavy atom. The Kier molecular flexibility index (Phi) is 6.09. The second-order valence-electron chi connectivity index (χ2n) is 8.58. The van der Waals surface area contributed by atoms with Crippen LogP contribution in [0.2, 0.25) is 0 Å². The first-order chi connectivity index (χ1) is 16.7. The molecule has 0 aliphatic carbocycles. The molecule has 164 valence electrons. The Labute approximate surface area is 201 Å². The molecule has 1 heteroatoms. The second kappa shape index (κ2) is 9.64. The van der Waals surface area contributed by atoms with Crippen LogP contribution in [0.4, 0.5) is 5.69 Å². The van der Waals surface area contributed by atoms with Crippen molar-refractivity contribution in [2.24, 2.45) is 0 Å². The zero-order valence-corrected chi connectivity index (χ0v) is 19.1. The summed E-state index contributed by atoms with van der Waals surface area (Å²) in [6.07, 6.45) is 0.750. The van der Waals surface area contributed by atoms with E-state index in [0.29, 0.717) is 0 Å². The van der Waals surface area contributed by atoms with Gasteiger partial charge in [0.25, 0.3) is 0 Å². The van der Waals surface area contributed by atoms with Crippen LogP contribution in [0, 0.1) is 0 Å². The van der Waals surface area contributed by atoms with Crippen molar-refractivity contribution in [3.05, 3.63) is 145 Å². The van der Waals surface area contributed by atoms with Gasteiger partial charge in [-0.15, -0.1) is 0 Å². The van der Waals surface area contributed by atoms with Gasteiger partial charge >= 0.3 is 0 Å². The van der Waals surface area contributed by atoms with Gasteiger partial charge in [-0.25, -0.2) is 0 Å². The standard InChI is InChI=1S/C33H27N/c1-24(22-32-10-5-6-13-33(32)34)25-14-16-28(17-15-25)30-11-7-12-31(23-30)29-20-18-27(19-21-29)26-8-3-2-4-9-26/h2-21,23H,1,22,34H2. The normalized spacial score (nSPS) is 10.7. The number of hydrogen-bond acceptors (Lipinski definition) is 1. The molecule has 0 saturated heterocycles. The summed E-state index contributed by atoms with van der Waals surface area (Å²) in [5.41, 5.74) is 17.5. The Morgan fingerprint density at radius 2 is 0.971 bits per heavy atom. The number of anilines is 1. The summed E-state index contributed by atoms with van der Waals surface area (Å²) in [4.78, 5) is 0. The Hall–Kier alpha value is -4.36. The molecule has 0 spiro atoms. The van der Waals surface area contributed by atoms with Gasteiger partial charge < -0.3 is 5.73 Å². The van der Waals surface area contributed by atoms with E-state index in [4.69, 9.17) is 5.73 Å². The average molecular weight is 438 g/mol. The minimum Gasteiger partial charge on any atom is -0.398 e. The van der Waals surface area contributed by atoms with E-state index in [0.717, 1.165) is 28.8 Å². The van der Waals surface area contributed by atoms with Crippen LogP contribution < -0.4 is 5.73 Å². The highest BCUT2D eigenvalue weighted by Crippen LogP contribution is 2.30. The highest BCUT2D eigenvalue weighted by molar-refractivity contribution is 5.76. The summed E-state index contributed by atoms with van der Waals surface area (Å²) in [7, 11) is 0. The van der Waals surface area contributed by atoms with Crippen LogP contribution >= 0.6 is 0 Å². The number of nitrogens with two attached hydrogens (primary N) is 1. The van der Waals surface area contributed by atoms with Crippen molar-refractivity contribution in [2.45, 2.75) is 6.42 Å². The van der Waals surface area contributed by atoms with Crippen molar-refractivity contribution in [3.63, 3.8) is 0 Å². The fourth-order valence-electron chi connectivity index (χ4n) is 4.29. The lowest BCUT2D eigenvalue weighted by Crippen LogP contribution is -1.95. The SMILES string of the molecule is C=C(Cc1ccccc1N)c1ccc(-c2cccc(-c3ccc(-c4ccccc4)cc3)c2)cc1. The molecule has 34 heavy (non-hydrogen) atoms. The van der Waals surface area contributed by atoms with Crippen LogP contribution in [-0.2, 0) is 6.42 Å². The third kappa shape index (κ3) is 4.69. The van der Waals surface area contributed by atoms with E-state index >= 15 is 0 Å². The van der Waals surface area contributed by atoms with Crippen molar-refractivity contribution in [2.75, 3.05) is 5.73 Å². The quantitative estimate of drug-likeness (QED) is 0.265. The molecule has 5 aromatic rings. The van der Waals surface area contributed by atoms with Crippen LogP contribution in [0.25, 0.3) is 39.0 Å². The molecule has 0 radical (unpaired) electrons. The summed E-state index contributed by atoms with van der Waals surface area (Å²) in [5, 5.41) is 0. The summed E-state index contributed by atoms with van der Waals surface area (Å²) < 4.78 is 0. The molecular weight excluding hydrogens is 410 g/mol. The van der Waals surface area contributed by atoms with Crippen molar-refractivity contribution >= 4 is 11.3 Å². The van der Waals surface area contributed by atoms with Crippen LogP contribution in [0.1, 0.15) is 11.1 Å². The molecule has 0 aliphatic rings. The van der Waals surface area contributed by atoms with E-state index in [1.54, 1.807) is 0 Å². The summed E-state index contributed by atoms with van der Waals surface area (Å²) in [6.45, 7) is 4.29. The van der Waals surface area contributed by atoms with Crippen molar-refractivity contribution in [1.82, 2.24) is 0 Å². The summed E-state index contributed by atoms with van der Waals surface area (Å²) in [6, 6.07) is 44.6. The van der Waals surface area contributed by atoms with Crippen molar-refractivity contribution in [3.8, 4) is 33.4 Å². The van der Waals surface area contributed by atoms with Gasteiger partial charge in [-0.05, 0) is 68.6 Å². The van der Waals surface area contributed by atoms with E-state index in [2.05, 4.69) is 110 Å². The molecule has 0 atom stereocenters. The van der Waals surface area contributed by atoms with Gasteiger partial charge in [-0.3, -0.25) is 0 Å². The van der Waals surface area contributed by atoms with Gasteiger partial charge in [0, 0.05) is 5.69 Å². The molecule has 0 fully saturated rings. The van der Waals surface area contributed by atoms with E-state index in [-0.39, 0.29) is 0 Å². The first kappa shape index (κ1) is 21.5.